The van der Waals surface area contributed by atoms with Crippen molar-refractivity contribution >= 4 is 46.2 Å². The molecular formula is C8H7NOS3. The third-order valence-corrected chi connectivity index (χ3v) is 3.69. The van der Waals surface area contributed by atoms with Crippen LogP contribution in [0.25, 0.3) is 11.1 Å². The van der Waals surface area contributed by atoms with Crippen LogP contribution in [0.2, 0.25) is 0 Å². The fourth-order valence-electron chi connectivity index (χ4n) is 1.04. The normalized spacial score (nSPS) is 13.4. The molecular weight excluding hydrogens is 222 g/mol. The summed E-state index contributed by atoms with van der Waals surface area (Å²) in [6.45, 7) is 0. The maximum absolute atomic E-state index is 5.46. The molecule has 0 aliphatic rings. The first kappa shape index (κ1) is 9.30. The quantitative estimate of drug-likeness (QED) is 0.469. The molecule has 68 valence electrons. The summed E-state index contributed by atoms with van der Waals surface area (Å²) in [5, 5.41) is 0. The van der Waals surface area contributed by atoms with Crippen LogP contribution < -0.4 is 0 Å². The van der Waals surface area contributed by atoms with E-state index in [9.17, 15) is 0 Å². The molecule has 0 bridgehead atoms. The maximum Gasteiger partial charge on any atom is 0.219 e. The number of nitrogens with zero attached hydrogens (tertiary/aromatic N) is 1. The number of benzene rings is 1. The molecule has 0 saturated carbocycles. The van der Waals surface area contributed by atoms with Gasteiger partial charge in [-0.15, -0.1) is 11.7 Å². The Kier molecular flexibility index (Phi) is 2.76. The third kappa shape index (κ3) is 1.82. The fourth-order valence-corrected chi connectivity index (χ4v) is 1.61. The van der Waals surface area contributed by atoms with E-state index in [1.54, 1.807) is 0 Å². The van der Waals surface area contributed by atoms with Gasteiger partial charge in [-0.3, -0.25) is 0 Å². The first-order valence-corrected chi connectivity index (χ1v) is 6.10. The highest BCUT2D eigenvalue weighted by atomic mass is 33.1. The zero-order valence-corrected chi connectivity index (χ0v) is 9.15. The molecule has 0 amide bonds. The minimum atomic E-state index is -0.115. The van der Waals surface area contributed by atoms with Crippen LogP contribution in [0.5, 0.6) is 0 Å². The number of rotatable bonds is 2. The van der Waals surface area contributed by atoms with Crippen LogP contribution in [0.1, 0.15) is 10.5 Å². The second-order valence-corrected chi connectivity index (χ2v) is 4.66. The second kappa shape index (κ2) is 3.86. The lowest BCUT2D eigenvalue weighted by molar-refractivity contribution is 0.554. The van der Waals surface area contributed by atoms with Crippen molar-refractivity contribution in [3.8, 4) is 0 Å². The molecule has 2 aromatic rings. The molecule has 1 aromatic carbocycles. The second-order valence-electron chi connectivity index (χ2n) is 2.48. The number of hydrogen-bond acceptors (Lipinski definition) is 5. The Labute approximate surface area is 90.3 Å². The van der Waals surface area contributed by atoms with Gasteiger partial charge in [0.25, 0.3) is 0 Å². The predicted molar refractivity (Wildman–Crippen MR) is 62.3 cm³/mol. The van der Waals surface area contributed by atoms with E-state index in [-0.39, 0.29) is 4.58 Å². The number of oxazole rings is 1. The van der Waals surface area contributed by atoms with Crippen LogP contribution >= 0.6 is 35.1 Å². The van der Waals surface area contributed by atoms with Gasteiger partial charge in [-0.05, 0) is 12.1 Å². The van der Waals surface area contributed by atoms with Crippen molar-refractivity contribution in [1.29, 1.82) is 0 Å². The minimum Gasteiger partial charge on any atom is -0.439 e. The molecule has 0 spiro atoms. The molecule has 2 nitrogen and oxygen atoms in total. The standard InChI is InChI=1S/C8H7NOS3/c11-8(13-12)7-9-5-3-1-2-4-6(5)10-7/h1-4,8,11-12H. The van der Waals surface area contributed by atoms with Crippen molar-refractivity contribution < 1.29 is 4.42 Å². The Morgan fingerprint density at radius 3 is 2.85 bits per heavy atom. The van der Waals surface area contributed by atoms with E-state index in [1.807, 2.05) is 24.3 Å². The summed E-state index contributed by atoms with van der Waals surface area (Å²) in [4.78, 5) is 4.27. The van der Waals surface area contributed by atoms with Gasteiger partial charge in [0.2, 0.25) is 5.89 Å². The predicted octanol–water partition coefficient (Wildman–Crippen LogP) is 3.33. The van der Waals surface area contributed by atoms with Crippen LogP contribution in [0.3, 0.4) is 0 Å². The van der Waals surface area contributed by atoms with Crippen LogP contribution in [0.4, 0.5) is 0 Å². The lowest BCUT2D eigenvalue weighted by Crippen LogP contribution is -1.80. The van der Waals surface area contributed by atoms with Crippen LogP contribution in [-0.4, -0.2) is 4.98 Å². The van der Waals surface area contributed by atoms with E-state index >= 15 is 0 Å². The first-order valence-electron chi connectivity index (χ1n) is 3.65. The van der Waals surface area contributed by atoms with Gasteiger partial charge in [0.05, 0.1) is 0 Å². The molecule has 0 saturated heterocycles. The molecule has 13 heavy (non-hydrogen) atoms. The molecule has 2 rings (SSSR count). The maximum atomic E-state index is 5.46. The summed E-state index contributed by atoms with van der Waals surface area (Å²) in [7, 11) is 1.30. The average Bonchev–Trinajstić information content (AvgIpc) is 2.59. The lowest BCUT2D eigenvalue weighted by atomic mass is 10.3. The van der Waals surface area contributed by atoms with Crippen molar-refractivity contribution in [3.63, 3.8) is 0 Å². The van der Waals surface area contributed by atoms with Gasteiger partial charge >= 0.3 is 0 Å². The molecule has 0 aliphatic heterocycles. The van der Waals surface area contributed by atoms with Gasteiger partial charge in [-0.2, -0.15) is 12.6 Å². The Morgan fingerprint density at radius 2 is 2.15 bits per heavy atom. The van der Waals surface area contributed by atoms with E-state index in [0.717, 1.165) is 11.1 Å². The Bertz CT molecular complexity index is 381. The lowest BCUT2D eigenvalue weighted by Gasteiger charge is -1.97. The number of aromatic nitrogens is 1. The van der Waals surface area contributed by atoms with E-state index in [0.29, 0.717) is 5.89 Å². The summed E-state index contributed by atoms with van der Waals surface area (Å²) in [5.74, 6) is 0.601. The summed E-state index contributed by atoms with van der Waals surface area (Å²) in [5.41, 5.74) is 1.65. The third-order valence-electron chi connectivity index (χ3n) is 1.62. The van der Waals surface area contributed by atoms with Crippen molar-refractivity contribution in [2.24, 2.45) is 0 Å². The zero-order chi connectivity index (χ0) is 9.26. The highest BCUT2D eigenvalue weighted by Crippen LogP contribution is 2.35. The summed E-state index contributed by atoms with van der Waals surface area (Å²) in [6.07, 6.45) is 0. The highest BCUT2D eigenvalue weighted by Gasteiger charge is 2.12. The molecule has 0 aliphatic carbocycles. The van der Waals surface area contributed by atoms with Crippen LogP contribution in [0, 0.1) is 0 Å². The molecule has 1 heterocycles. The van der Waals surface area contributed by atoms with Gasteiger partial charge in [0.1, 0.15) is 10.1 Å². The number of fused-ring (bicyclic) bond motifs is 1. The average molecular weight is 229 g/mol. The molecule has 0 N–H and O–H groups in total. The molecule has 1 unspecified atom stereocenters. The zero-order valence-electron chi connectivity index (χ0n) is 6.54. The Hall–Kier alpha value is -0.260. The molecule has 0 radical (unpaired) electrons. The van der Waals surface area contributed by atoms with Crippen molar-refractivity contribution in [2.75, 3.05) is 0 Å². The van der Waals surface area contributed by atoms with Crippen LogP contribution in [0.15, 0.2) is 28.7 Å². The van der Waals surface area contributed by atoms with Gasteiger partial charge < -0.3 is 4.42 Å². The van der Waals surface area contributed by atoms with E-state index < -0.39 is 0 Å². The van der Waals surface area contributed by atoms with Crippen LogP contribution in [-0.2, 0) is 0 Å². The molecule has 0 fully saturated rings. The minimum absolute atomic E-state index is 0.115. The van der Waals surface area contributed by atoms with Crippen molar-refractivity contribution in [3.05, 3.63) is 30.2 Å². The number of para-hydroxylation sites is 2. The SMILES string of the molecule is SSC(S)c1nc2ccccc2o1. The number of thiol groups is 2. The van der Waals surface area contributed by atoms with Gasteiger partial charge in [-0.1, -0.05) is 22.9 Å². The van der Waals surface area contributed by atoms with Gasteiger partial charge in [0, 0.05) is 0 Å². The Morgan fingerprint density at radius 1 is 1.38 bits per heavy atom. The smallest absolute Gasteiger partial charge is 0.219 e. The molecule has 5 heteroatoms. The van der Waals surface area contributed by atoms with Crippen molar-refractivity contribution in [2.45, 2.75) is 4.58 Å². The Balaban J connectivity index is 2.49. The van der Waals surface area contributed by atoms with E-state index in [2.05, 4.69) is 29.3 Å². The number of hydrogen-bond donors (Lipinski definition) is 2. The van der Waals surface area contributed by atoms with Gasteiger partial charge in [-0.25, -0.2) is 4.98 Å². The highest BCUT2D eigenvalue weighted by molar-refractivity contribution is 8.70. The van der Waals surface area contributed by atoms with E-state index in [4.69, 9.17) is 4.42 Å². The van der Waals surface area contributed by atoms with E-state index in [1.165, 1.54) is 10.8 Å². The molecule has 1 aromatic heterocycles. The largest absolute Gasteiger partial charge is 0.439 e. The monoisotopic (exact) mass is 229 g/mol. The summed E-state index contributed by atoms with van der Waals surface area (Å²) >= 11 is 8.31. The summed E-state index contributed by atoms with van der Waals surface area (Å²) in [6, 6.07) is 7.64. The fraction of sp³-hybridized carbons (Fsp3) is 0.125. The van der Waals surface area contributed by atoms with Crippen molar-refractivity contribution in [1.82, 2.24) is 4.98 Å². The topological polar surface area (TPSA) is 26.0 Å². The molecule has 1 atom stereocenters. The first-order chi connectivity index (χ1) is 6.31. The van der Waals surface area contributed by atoms with Gasteiger partial charge in [0.15, 0.2) is 5.58 Å². The summed E-state index contributed by atoms with van der Waals surface area (Å²) < 4.78 is 5.35.